The fraction of sp³-hybridized carbons (Fsp3) is 0. The molecule has 11 heavy (non-hydrogen) atoms. The predicted molar refractivity (Wildman–Crippen MR) is 56.0 cm³/mol. The average molecular weight is 277 g/mol. The third-order valence-electron chi connectivity index (χ3n) is 1.13. The molecular formula is C8H7Br2N. The summed E-state index contributed by atoms with van der Waals surface area (Å²) in [6.07, 6.45) is 0. The minimum absolute atomic E-state index is 0.906. The first-order valence-corrected chi connectivity index (χ1v) is 4.82. The van der Waals surface area contributed by atoms with E-state index in [9.17, 15) is 0 Å². The Labute approximate surface area is 82.8 Å². The van der Waals surface area contributed by atoms with Gasteiger partial charge in [-0.15, -0.1) is 0 Å². The average Bonchev–Trinajstić information content (AvgIpc) is 2.06. The van der Waals surface area contributed by atoms with Gasteiger partial charge in [-0.1, -0.05) is 34.1 Å². The first-order valence-electron chi connectivity index (χ1n) is 3.11. The van der Waals surface area contributed by atoms with Gasteiger partial charge in [0.1, 0.15) is 0 Å². The Kier molecular flexibility index (Phi) is 3.66. The van der Waals surface area contributed by atoms with Gasteiger partial charge in [-0.3, -0.25) is 0 Å². The molecule has 1 aromatic carbocycles. The Morgan fingerprint density at radius 1 is 1.27 bits per heavy atom. The van der Waals surface area contributed by atoms with Crippen LogP contribution in [0.4, 0.5) is 5.69 Å². The van der Waals surface area contributed by atoms with E-state index in [0.717, 1.165) is 10.3 Å². The number of hydrogen-bond donors (Lipinski definition) is 1. The molecule has 0 fully saturated rings. The van der Waals surface area contributed by atoms with Crippen molar-refractivity contribution in [3.63, 3.8) is 0 Å². The third-order valence-corrected chi connectivity index (χ3v) is 2.63. The fourth-order valence-electron chi connectivity index (χ4n) is 0.687. The summed E-state index contributed by atoms with van der Waals surface area (Å²) in [6.45, 7) is 0. The second-order valence-corrected chi connectivity index (χ2v) is 3.26. The zero-order chi connectivity index (χ0) is 8.10. The minimum Gasteiger partial charge on any atom is -0.349 e. The van der Waals surface area contributed by atoms with Gasteiger partial charge in [0.25, 0.3) is 0 Å². The molecule has 3 heteroatoms. The van der Waals surface area contributed by atoms with Gasteiger partial charge in [-0.05, 0) is 28.1 Å². The van der Waals surface area contributed by atoms with Crippen LogP contribution in [0.3, 0.4) is 0 Å². The molecule has 0 aromatic heterocycles. The van der Waals surface area contributed by atoms with E-state index >= 15 is 0 Å². The second-order valence-electron chi connectivity index (χ2n) is 1.95. The van der Waals surface area contributed by atoms with Crippen molar-refractivity contribution in [2.75, 3.05) is 5.32 Å². The highest BCUT2D eigenvalue weighted by atomic mass is 79.9. The van der Waals surface area contributed by atoms with Crippen LogP contribution in [0.1, 0.15) is 0 Å². The van der Waals surface area contributed by atoms with Crippen LogP contribution in [0.15, 0.2) is 39.9 Å². The van der Waals surface area contributed by atoms with Crippen LogP contribution in [-0.4, -0.2) is 0 Å². The molecule has 0 aliphatic carbocycles. The number of para-hydroxylation sites is 1. The van der Waals surface area contributed by atoms with Crippen molar-refractivity contribution in [2.45, 2.75) is 0 Å². The second kappa shape index (κ2) is 4.57. The van der Waals surface area contributed by atoms with Gasteiger partial charge < -0.3 is 5.32 Å². The summed E-state index contributed by atoms with van der Waals surface area (Å²) >= 11 is 6.52. The molecule has 0 bridgehead atoms. The predicted octanol–water partition coefficient (Wildman–Crippen LogP) is 3.69. The first kappa shape index (κ1) is 8.81. The summed E-state index contributed by atoms with van der Waals surface area (Å²) < 4.78 is 0.906. The van der Waals surface area contributed by atoms with E-state index in [1.165, 1.54) is 0 Å². The Morgan fingerprint density at radius 2 is 1.91 bits per heavy atom. The van der Waals surface area contributed by atoms with Crippen LogP contribution in [0, 0.1) is 0 Å². The molecule has 0 unspecified atom stereocenters. The molecule has 0 atom stereocenters. The van der Waals surface area contributed by atoms with E-state index in [0.29, 0.717) is 0 Å². The van der Waals surface area contributed by atoms with Crippen LogP contribution in [0.2, 0.25) is 0 Å². The van der Waals surface area contributed by atoms with Crippen LogP contribution in [-0.2, 0) is 0 Å². The van der Waals surface area contributed by atoms with Gasteiger partial charge in [-0.25, -0.2) is 0 Å². The number of rotatable bonds is 2. The topological polar surface area (TPSA) is 12.0 Å². The highest BCUT2D eigenvalue weighted by molar-refractivity contribution is 9.14. The fourth-order valence-corrected chi connectivity index (χ4v) is 1.03. The summed E-state index contributed by atoms with van der Waals surface area (Å²) in [5.41, 5.74) is 1.06. The molecular weight excluding hydrogens is 270 g/mol. The maximum absolute atomic E-state index is 3.32. The summed E-state index contributed by atoms with van der Waals surface area (Å²) in [5, 5.41) is 3.12. The highest BCUT2D eigenvalue weighted by Crippen LogP contribution is 2.13. The molecule has 0 saturated carbocycles. The first-order chi connectivity index (χ1) is 5.33. The molecule has 0 spiro atoms. The number of benzene rings is 1. The van der Waals surface area contributed by atoms with Gasteiger partial charge in [-0.2, -0.15) is 0 Å². The van der Waals surface area contributed by atoms with Gasteiger partial charge >= 0.3 is 0 Å². The van der Waals surface area contributed by atoms with Crippen molar-refractivity contribution in [3.05, 3.63) is 39.9 Å². The maximum atomic E-state index is 3.32. The van der Waals surface area contributed by atoms with Crippen LogP contribution < -0.4 is 5.32 Å². The molecule has 1 rings (SSSR count). The molecule has 0 saturated heterocycles. The molecule has 1 nitrogen and oxygen atoms in total. The number of anilines is 1. The Balaban J connectivity index is 2.65. The maximum Gasteiger partial charge on any atom is 0.0894 e. The molecule has 0 amide bonds. The van der Waals surface area contributed by atoms with Gasteiger partial charge in [0, 0.05) is 10.7 Å². The lowest BCUT2D eigenvalue weighted by molar-refractivity contribution is 1.58. The molecule has 0 aliphatic heterocycles. The van der Waals surface area contributed by atoms with E-state index in [4.69, 9.17) is 0 Å². The lowest BCUT2D eigenvalue weighted by Gasteiger charge is -2.01. The molecule has 58 valence electrons. The van der Waals surface area contributed by atoms with Crippen molar-refractivity contribution >= 4 is 37.5 Å². The Morgan fingerprint density at radius 3 is 2.45 bits per heavy atom. The molecule has 0 radical (unpaired) electrons. The molecule has 0 heterocycles. The van der Waals surface area contributed by atoms with Crippen molar-refractivity contribution in [2.24, 2.45) is 0 Å². The Bertz CT molecular complexity index is 244. The van der Waals surface area contributed by atoms with E-state index in [2.05, 4.69) is 37.2 Å². The standard InChI is InChI=1S/C8H7Br2N/c9-6-8(10)11-7-4-2-1-3-5-7/h1-6,11H. The summed E-state index contributed by atoms with van der Waals surface area (Å²) in [7, 11) is 0. The van der Waals surface area contributed by atoms with Crippen LogP contribution >= 0.6 is 31.9 Å². The molecule has 1 N–H and O–H groups in total. The third kappa shape index (κ3) is 3.08. The number of nitrogens with one attached hydrogen (secondary N) is 1. The minimum atomic E-state index is 0.906. The Hall–Kier alpha value is -0.280. The van der Waals surface area contributed by atoms with Crippen molar-refractivity contribution in [1.82, 2.24) is 0 Å². The zero-order valence-corrected chi connectivity index (χ0v) is 8.89. The number of hydrogen-bond acceptors (Lipinski definition) is 1. The smallest absolute Gasteiger partial charge is 0.0894 e. The van der Waals surface area contributed by atoms with Crippen molar-refractivity contribution in [3.8, 4) is 0 Å². The summed E-state index contributed by atoms with van der Waals surface area (Å²) in [5.74, 6) is 0. The van der Waals surface area contributed by atoms with E-state index in [1.807, 2.05) is 30.3 Å². The SMILES string of the molecule is BrC=C(Br)Nc1ccccc1. The van der Waals surface area contributed by atoms with E-state index < -0.39 is 0 Å². The quantitative estimate of drug-likeness (QED) is 0.813. The lowest BCUT2D eigenvalue weighted by atomic mass is 10.3. The van der Waals surface area contributed by atoms with E-state index in [-0.39, 0.29) is 0 Å². The lowest BCUT2D eigenvalue weighted by Crippen LogP contribution is -1.90. The summed E-state index contributed by atoms with van der Waals surface area (Å²) in [4.78, 5) is 1.78. The van der Waals surface area contributed by atoms with Crippen molar-refractivity contribution < 1.29 is 0 Å². The monoisotopic (exact) mass is 275 g/mol. The van der Waals surface area contributed by atoms with Crippen LogP contribution in [0.25, 0.3) is 0 Å². The highest BCUT2D eigenvalue weighted by Gasteiger charge is 1.89. The number of halogens is 2. The van der Waals surface area contributed by atoms with Crippen molar-refractivity contribution in [1.29, 1.82) is 0 Å². The van der Waals surface area contributed by atoms with Gasteiger partial charge in [0.2, 0.25) is 0 Å². The molecule has 1 aromatic rings. The van der Waals surface area contributed by atoms with Gasteiger partial charge in [0.05, 0.1) is 4.61 Å². The largest absolute Gasteiger partial charge is 0.349 e. The summed E-state index contributed by atoms with van der Waals surface area (Å²) in [6, 6.07) is 9.94. The normalized spacial score (nSPS) is 11.3. The van der Waals surface area contributed by atoms with Gasteiger partial charge in [0.15, 0.2) is 0 Å². The van der Waals surface area contributed by atoms with Crippen LogP contribution in [0.5, 0.6) is 0 Å². The zero-order valence-electron chi connectivity index (χ0n) is 5.72. The van der Waals surface area contributed by atoms with E-state index in [1.54, 1.807) is 4.99 Å². The molecule has 0 aliphatic rings.